The monoisotopic (exact) mass is 225 g/mol. The van der Waals surface area contributed by atoms with Gasteiger partial charge in [0.25, 0.3) is 0 Å². The van der Waals surface area contributed by atoms with E-state index in [2.05, 4.69) is 29.5 Å². The second-order valence-electron chi connectivity index (χ2n) is 3.98. The molecule has 3 heteroatoms. The van der Waals surface area contributed by atoms with Gasteiger partial charge in [-0.3, -0.25) is 4.98 Å². The second kappa shape index (κ2) is 4.37. The second-order valence-corrected chi connectivity index (χ2v) is 3.98. The molecule has 0 bridgehead atoms. The summed E-state index contributed by atoms with van der Waals surface area (Å²) in [4.78, 5) is 8.75. The zero-order valence-electron chi connectivity index (χ0n) is 10.1. The largest absolute Gasteiger partial charge is 0.384 e. The van der Waals surface area contributed by atoms with Crippen molar-refractivity contribution in [2.45, 2.75) is 13.8 Å². The summed E-state index contributed by atoms with van der Waals surface area (Å²) < 4.78 is 0. The number of hydrogen-bond donors (Lipinski definition) is 1. The number of benzene rings is 1. The van der Waals surface area contributed by atoms with Gasteiger partial charge in [0, 0.05) is 11.6 Å². The van der Waals surface area contributed by atoms with Crippen LogP contribution in [0.4, 0.5) is 5.69 Å². The molecule has 0 radical (unpaired) electrons. The highest BCUT2D eigenvalue weighted by molar-refractivity contribution is 5.98. The normalized spacial score (nSPS) is 11.8. The number of aromatic nitrogens is 1. The van der Waals surface area contributed by atoms with Gasteiger partial charge in [-0.2, -0.15) is 0 Å². The van der Waals surface area contributed by atoms with Gasteiger partial charge in [0.05, 0.1) is 11.2 Å². The molecule has 1 heterocycles. The lowest BCUT2D eigenvalue weighted by atomic mass is 10.0. The number of aliphatic imine (C=N–C) groups is 1. The number of pyridine rings is 1. The van der Waals surface area contributed by atoms with Crippen molar-refractivity contribution in [1.82, 2.24) is 4.98 Å². The molecule has 0 fully saturated rings. The first-order valence-corrected chi connectivity index (χ1v) is 5.45. The SMILES string of the molecule is C=C/C(N)=N\c1c(C)c(C)cc2cccnc12. The molecule has 17 heavy (non-hydrogen) atoms. The van der Waals surface area contributed by atoms with Gasteiger partial charge in [-0.25, -0.2) is 4.99 Å². The Morgan fingerprint density at radius 1 is 1.47 bits per heavy atom. The van der Waals surface area contributed by atoms with Crippen LogP contribution >= 0.6 is 0 Å². The summed E-state index contributed by atoms with van der Waals surface area (Å²) in [5.74, 6) is 0.408. The van der Waals surface area contributed by atoms with Crippen molar-refractivity contribution in [2.75, 3.05) is 0 Å². The molecular formula is C14H15N3. The van der Waals surface area contributed by atoms with Crippen molar-refractivity contribution in [3.8, 4) is 0 Å². The third-order valence-corrected chi connectivity index (χ3v) is 2.83. The Labute approximate surface area is 101 Å². The number of hydrogen-bond acceptors (Lipinski definition) is 2. The van der Waals surface area contributed by atoms with Gasteiger partial charge in [-0.15, -0.1) is 0 Å². The van der Waals surface area contributed by atoms with Crippen LogP contribution in [0.15, 0.2) is 42.0 Å². The number of nitrogens with zero attached hydrogens (tertiary/aromatic N) is 2. The van der Waals surface area contributed by atoms with Crippen molar-refractivity contribution in [3.05, 3.63) is 48.2 Å². The molecule has 0 saturated carbocycles. The van der Waals surface area contributed by atoms with E-state index in [4.69, 9.17) is 5.73 Å². The summed E-state index contributed by atoms with van der Waals surface area (Å²) in [5, 5.41) is 1.08. The highest BCUT2D eigenvalue weighted by atomic mass is 14.9. The first-order chi connectivity index (χ1) is 8.13. The van der Waals surface area contributed by atoms with Gasteiger partial charge in [-0.1, -0.05) is 12.6 Å². The predicted octanol–water partition coefficient (Wildman–Crippen LogP) is 3.03. The smallest absolute Gasteiger partial charge is 0.123 e. The number of amidine groups is 1. The third kappa shape index (κ3) is 2.04. The Kier molecular flexibility index (Phi) is 2.91. The fourth-order valence-corrected chi connectivity index (χ4v) is 1.75. The molecule has 0 amide bonds. The lowest BCUT2D eigenvalue weighted by Gasteiger charge is -2.08. The average Bonchev–Trinajstić information content (AvgIpc) is 2.34. The molecule has 0 aliphatic carbocycles. The van der Waals surface area contributed by atoms with Crippen LogP contribution in [0.1, 0.15) is 11.1 Å². The molecular weight excluding hydrogens is 210 g/mol. The van der Waals surface area contributed by atoms with Crippen molar-refractivity contribution < 1.29 is 0 Å². The predicted molar refractivity (Wildman–Crippen MR) is 72.7 cm³/mol. The minimum atomic E-state index is 0.408. The van der Waals surface area contributed by atoms with E-state index < -0.39 is 0 Å². The minimum Gasteiger partial charge on any atom is -0.384 e. The molecule has 86 valence electrons. The maximum absolute atomic E-state index is 5.72. The van der Waals surface area contributed by atoms with Gasteiger partial charge in [0.2, 0.25) is 0 Å². The van der Waals surface area contributed by atoms with Crippen LogP contribution in [0, 0.1) is 13.8 Å². The van der Waals surface area contributed by atoms with Crippen LogP contribution < -0.4 is 5.73 Å². The molecule has 1 aromatic carbocycles. The van der Waals surface area contributed by atoms with Gasteiger partial charge in [0.1, 0.15) is 5.84 Å². The van der Waals surface area contributed by atoms with E-state index in [9.17, 15) is 0 Å². The van der Waals surface area contributed by atoms with Crippen LogP contribution in [-0.2, 0) is 0 Å². The molecule has 0 saturated heterocycles. The lowest BCUT2D eigenvalue weighted by molar-refractivity contribution is 1.30. The summed E-state index contributed by atoms with van der Waals surface area (Å²) in [6.07, 6.45) is 3.30. The van der Waals surface area contributed by atoms with Crippen molar-refractivity contribution in [2.24, 2.45) is 10.7 Å². The molecule has 1 aromatic heterocycles. The molecule has 0 spiro atoms. The molecule has 0 atom stereocenters. The summed E-state index contributed by atoms with van der Waals surface area (Å²) >= 11 is 0. The fourth-order valence-electron chi connectivity index (χ4n) is 1.75. The molecule has 0 unspecified atom stereocenters. The van der Waals surface area contributed by atoms with Crippen LogP contribution in [0.25, 0.3) is 10.9 Å². The van der Waals surface area contributed by atoms with E-state index in [0.717, 1.165) is 22.2 Å². The van der Waals surface area contributed by atoms with Gasteiger partial charge < -0.3 is 5.73 Å². The summed E-state index contributed by atoms with van der Waals surface area (Å²) in [7, 11) is 0. The average molecular weight is 225 g/mol. The van der Waals surface area contributed by atoms with Crippen LogP contribution in [0.5, 0.6) is 0 Å². The Balaban J connectivity index is 2.83. The van der Waals surface area contributed by atoms with Crippen LogP contribution in [0.3, 0.4) is 0 Å². The maximum atomic E-state index is 5.72. The number of nitrogens with two attached hydrogens (primary N) is 1. The Morgan fingerprint density at radius 3 is 2.94 bits per heavy atom. The first kappa shape index (κ1) is 11.3. The van der Waals surface area contributed by atoms with E-state index in [0.29, 0.717) is 5.84 Å². The summed E-state index contributed by atoms with van der Waals surface area (Å²) in [5.41, 5.74) is 9.71. The summed E-state index contributed by atoms with van der Waals surface area (Å²) in [6.45, 7) is 7.70. The Hall–Kier alpha value is -2.16. The van der Waals surface area contributed by atoms with Crippen LogP contribution in [-0.4, -0.2) is 10.8 Å². The Bertz CT molecular complexity index is 612. The number of aryl methyl sites for hydroxylation is 1. The number of fused-ring (bicyclic) bond motifs is 1. The first-order valence-electron chi connectivity index (χ1n) is 5.45. The quantitative estimate of drug-likeness (QED) is 0.631. The topological polar surface area (TPSA) is 51.3 Å². The standard InChI is InChI=1S/C14H15N3/c1-4-12(15)17-13-10(3)9(2)8-11-6-5-7-16-14(11)13/h4-8H,1H2,2-3H3,(H2,15,17). The molecule has 3 nitrogen and oxygen atoms in total. The molecule has 2 rings (SSSR count). The van der Waals surface area contributed by atoms with E-state index >= 15 is 0 Å². The van der Waals surface area contributed by atoms with E-state index in [1.54, 1.807) is 6.20 Å². The Morgan fingerprint density at radius 2 is 2.24 bits per heavy atom. The zero-order chi connectivity index (χ0) is 12.4. The van der Waals surface area contributed by atoms with Crippen molar-refractivity contribution in [1.29, 1.82) is 0 Å². The molecule has 0 aliphatic rings. The van der Waals surface area contributed by atoms with Crippen LogP contribution in [0.2, 0.25) is 0 Å². The van der Waals surface area contributed by atoms with Gasteiger partial charge in [-0.05, 0) is 43.2 Å². The van der Waals surface area contributed by atoms with Gasteiger partial charge in [0.15, 0.2) is 0 Å². The molecule has 2 N–H and O–H groups in total. The molecule has 2 aromatic rings. The zero-order valence-corrected chi connectivity index (χ0v) is 10.1. The third-order valence-electron chi connectivity index (χ3n) is 2.83. The van der Waals surface area contributed by atoms with E-state index in [1.807, 2.05) is 19.1 Å². The van der Waals surface area contributed by atoms with Gasteiger partial charge >= 0.3 is 0 Å². The van der Waals surface area contributed by atoms with Crippen molar-refractivity contribution >= 4 is 22.4 Å². The highest BCUT2D eigenvalue weighted by Crippen LogP contribution is 2.30. The maximum Gasteiger partial charge on any atom is 0.123 e. The minimum absolute atomic E-state index is 0.408. The van der Waals surface area contributed by atoms with Crippen molar-refractivity contribution in [3.63, 3.8) is 0 Å². The lowest BCUT2D eigenvalue weighted by Crippen LogP contribution is -2.06. The summed E-state index contributed by atoms with van der Waals surface area (Å²) in [6, 6.07) is 6.06. The van der Waals surface area contributed by atoms with E-state index in [1.165, 1.54) is 11.6 Å². The van der Waals surface area contributed by atoms with E-state index in [-0.39, 0.29) is 0 Å². The number of rotatable bonds is 2. The fraction of sp³-hybridized carbons (Fsp3) is 0.143. The highest BCUT2D eigenvalue weighted by Gasteiger charge is 2.08. The molecule has 0 aliphatic heterocycles.